The third-order valence-corrected chi connectivity index (χ3v) is 33.6. The summed E-state index contributed by atoms with van der Waals surface area (Å²) in [7, 11) is 0. The van der Waals surface area contributed by atoms with Crippen LogP contribution in [-0.4, -0.2) is 12.9 Å². The van der Waals surface area contributed by atoms with Crippen LogP contribution < -0.4 is 0 Å². The summed E-state index contributed by atoms with van der Waals surface area (Å²) >= 11 is 15.4. The van der Waals surface area contributed by atoms with Crippen molar-refractivity contribution < 1.29 is 17.4 Å². The van der Waals surface area contributed by atoms with Crippen molar-refractivity contribution in [3.8, 4) is 0 Å². The zero-order chi connectivity index (χ0) is 21.8. The largest absolute Gasteiger partial charge is 0.147 e. The molecule has 0 fully saturated rings. The Labute approximate surface area is 222 Å². The standard InChI is InChI=1S/2C10H9.C3H6Cl3Si.CH3.2ClH.H2Si.Zr/c2*1-8-6-9-4-2-3-5-10(9)7-8;1-2-3-7(4,5)6;;;;;/h2*2-7H,1H3;1-3H2;1H3;2*1H;1H2;. The summed E-state index contributed by atoms with van der Waals surface area (Å²) in [6, 6.07) is 16.1. The summed E-state index contributed by atoms with van der Waals surface area (Å²) in [4.78, 5) is 0. The topological polar surface area (TPSA) is 0 Å². The van der Waals surface area contributed by atoms with E-state index in [9.17, 15) is 0 Å². The molecular weight excluding hydrogens is 613 g/mol. The molecule has 2 atom stereocenters. The molecule has 0 N–H and O–H groups in total. The molecule has 2 aliphatic rings. The van der Waals surface area contributed by atoms with Crippen LogP contribution in [0.4, 0.5) is 0 Å². The molecule has 0 aromatic heterocycles. The zero-order valence-electron chi connectivity index (χ0n) is 18.7. The van der Waals surface area contributed by atoms with Crippen LogP contribution in [0.1, 0.15) is 49.8 Å². The van der Waals surface area contributed by atoms with Gasteiger partial charge in [-0.3, -0.25) is 0 Å². The van der Waals surface area contributed by atoms with E-state index in [0.29, 0.717) is 7.25 Å². The van der Waals surface area contributed by atoms with Crippen LogP contribution >= 0.6 is 58.1 Å². The maximum atomic E-state index is 6.32. The predicted octanol–water partition coefficient (Wildman–Crippen LogP) is 8.90. The quantitative estimate of drug-likeness (QED) is 0.218. The second kappa shape index (κ2) is 10.4. The Morgan fingerprint density at radius 1 is 0.812 bits per heavy atom. The first-order valence-corrected chi connectivity index (χ1v) is 28.9. The van der Waals surface area contributed by atoms with E-state index in [4.69, 9.17) is 33.2 Å². The molecule has 0 saturated carbocycles. The van der Waals surface area contributed by atoms with Crippen LogP contribution in [0.3, 0.4) is 0 Å². The van der Waals surface area contributed by atoms with Crippen LogP contribution in [0.25, 0.3) is 12.2 Å². The molecule has 8 heteroatoms. The van der Waals surface area contributed by atoms with Gasteiger partial charge in [0.2, 0.25) is 0 Å². The van der Waals surface area contributed by atoms with Gasteiger partial charge in [0.1, 0.15) is 0 Å². The molecule has 2 aromatic rings. The van der Waals surface area contributed by atoms with Crippen LogP contribution in [0.5, 0.6) is 0 Å². The molecule has 0 spiro atoms. The SMILES string of the molecule is CC1=Cc2ccccc2[CH]1[Zr]([CH3])(=[SiH2])([CH2]CC[Si](Cl)(Cl)Cl)[CH]1C(C)=Cc2ccccc21.Cl.Cl. The van der Waals surface area contributed by atoms with Crippen LogP contribution in [0, 0.1) is 0 Å². The van der Waals surface area contributed by atoms with Gasteiger partial charge in [0, 0.05) is 0 Å². The number of benzene rings is 2. The second-order valence-electron chi connectivity index (χ2n) is 9.89. The van der Waals surface area contributed by atoms with Crippen LogP contribution in [0.15, 0.2) is 59.7 Å². The summed E-state index contributed by atoms with van der Waals surface area (Å²) in [5.74, 6) is 0. The van der Waals surface area contributed by atoms with Gasteiger partial charge in [0.25, 0.3) is 0 Å². The van der Waals surface area contributed by atoms with Gasteiger partial charge in [-0.05, 0) is 0 Å². The molecule has 0 bridgehead atoms. The van der Waals surface area contributed by atoms with Gasteiger partial charge in [0.05, 0.1) is 0 Å². The smallest absolute Gasteiger partial charge is 0.147 e. The van der Waals surface area contributed by atoms with Gasteiger partial charge in [-0.15, -0.1) is 24.8 Å². The van der Waals surface area contributed by atoms with Crippen molar-refractivity contribution in [1.29, 1.82) is 0 Å². The molecule has 2 aromatic carbocycles. The number of allylic oxidation sites excluding steroid dienone is 2. The number of rotatable bonds is 6. The second-order valence-corrected chi connectivity index (χ2v) is 47.6. The van der Waals surface area contributed by atoms with Gasteiger partial charge >= 0.3 is 200 Å². The molecule has 0 radical (unpaired) electrons. The fraction of sp³-hybridized carbons (Fsp3) is 0.333. The normalized spacial score (nSPS) is 19.8. The minimum atomic E-state index is -3.56. The van der Waals surface area contributed by atoms with E-state index in [1.807, 2.05) is 0 Å². The van der Waals surface area contributed by atoms with Gasteiger partial charge in [0.15, 0.2) is 0 Å². The van der Waals surface area contributed by atoms with Crippen LogP contribution in [-0.2, 0) is 17.4 Å². The van der Waals surface area contributed by atoms with Gasteiger partial charge in [-0.1, -0.05) is 0 Å². The summed E-state index contributed by atoms with van der Waals surface area (Å²) in [6.45, 7) is 7.09. The van der Waals surface area contributed by atoms with Crippen LogP contribution in [0.2, 0.25) is 14.8 Å². The summed E-state index contributed by atoms with van der Waals surface area (Å²) < 4.78 is 5.00. The molecule has 4 rings (SSSR count). The summed E-state index contributed by atoms with van der Waals surface area (Å²) in [5.41, 5.74) is 8.92. The van der Waals surface area contributed by atoms with E-state index in [-0.39, 0.29) is 24.8 Å². The van der Waals surface area contributed by atoms with E-state index in [1.54, 1.807) is 0 Å². The van der Waals surface area contributed by atoms with Crippen molar-refractivity contribution in [1.82, 2.24) is 0 Å². The average Bonchev–Trinajstić information content (AvgIpc) is 3.16. The number of fused-ring (bicyclic) bond motifs is 2. The van der Waals surface area contributed by atoms with E-state index in [1.165, 1.54) is 37.5 Å². The van der Waals surface area contributed by atoms with Crippen molar-refractivity contribution in [3.63, 3.8) is 0 Å². The summed E-state index contributed by atoms with van der Waals surface area (Å²) in [6.07, 6.45) is 5.87. The first-order chi connectivity index (χ1) is 14.0. The Kier molecular flexibility index (Phi) is 9.36. The molecule has 2 aliphatic carbocycles. The number of halogens is 5. The third kappa shape index (κ3) is 5.26. The van der Waals surface area contributed by atoms with E-state index < -0.39 is 23.4 Å². The molecule has 0 saturated heterocycles. The molecule has 32 heavy (non-hydrogen) atoms. The van der Waals surface area contributed by atoms with Gasteiger partial charge in [-0.2, -0.15) is 0 Å². The minimum Gasteiger partial charge on any atom is -0.147 e. The van der Waals surface area contributed by atoms with Gasteiger partial charge in [-0.25, -0.2) is 0 Å². The van der Waals surface area contributed by atoms with Crippen molar-refractivity contribution >= 4 is 83.1 Å². The van der Waals surface area contributed by atoms with E-state index in [0.717, 1.165) is 12.5 Å². The molecule has 2 unspecified atom stereocenters. The Hall–Kier alpha value is 0.687. The molecule has 174 valence electrons. The van der Waals surface area contributed by atoms with E-state index >= 15 is 0 Å². The van der Waals surface area contributed by atoms with Gasteiger partial charge < -0.3 is 0 Å². The molecule has 0 amide bonds. The minimum absolute atomic E-state index is 0. The van der Waals surface area contributed by atoms with Crippen molar-refractivity contribution in [2.75, 3.05) is 0 Å². The average molecular weight is 644 g/mol. The maximum absolute atomic E-state index is 6.32. The first-order valence-electron chi connectivity index (χ1n) is 10.7. The summed E-state index contributed by atoms with van der Waals surface area (Å²) in [5, 5.41) is 0. The number of hydrogen-bond acceptors (Lipinski definition) is 0. The molecule has 0 heterocycles. The van der Waals surface area contributed by atoms with E-state index in [2.05, 4.69) is 86.0 Å². The van der Waals surface area contributed by atoms with Crippen molar-refractivity contribution in [2.45, 2.75) is 42.3 Å². The Morgan fingerprint density at radius 3 is 1.62 bits per heavy atom. The fourth-order valence-electron chi connectivity index (χ4n) is 6.50. The Balaban J connectivity index is 0.00000181. The maximum Gasteiger partial charge on any atom is -0.147 e. The predicted molar refractivity (Wildman–Crippen MR) is 152 cm³/mol. The third-order valence-electron chi connectivity index (χ3n) is 7.37. The monoisotopic (exact) mass is 640 g/mol. The Morgan fingerprint density at radius 2 is 1.22 bits per heavy atom. The fourth-order valence-corrected chi connectivity index (χ4v) is 35.2. The van der Waals surface area contributed by atoms with Crippen molar-refractivity contribution in [2.24, 2.45) is 0 Å². The molecular formula is C24H31Cl5Si2Zr. The Bertz CT molecular complexity index is 1060. The zero-order valence-corrected chi connectivity index (χ0v) is 27.5. The number of hydrogen-bond donors (Lipinski definition) is 0. The molecule has 0 nitrogen and oxygen atoms in total. The first kappa shape index (κ1) is 28.9. The molecule has 0 aliphatic heterocycles. The van der Waals surface area contributed by atoms with Crippen molar-refractivity contribution in [3.05, 3.63) is 81.9 Å².